The fourth-order valence-electron chi connectivity index (χ4n) is 3.39. The molecular weight excluding hydrogens is 258 g/mol. The van der Waals surface area contributed by atoms with Gasteiger partial charge in [-0.05, 0) is 37.5 Å². The van der Waals surface area contributed by atoms with E-state index in [1.165, 1.54) is 11.3 Å². The first-order chi connectivity index (χ1) is 10.2. The summed E-state index contributed by atoms with van der Waals surface area (Å²) < 4.78 is 0. The van der Waals surface area contributed by atoms with Crippen LogP contribution in [-0.4, -0.2) is 18.9 Å². The Morgan fingerprint density at radius 3 is 1.95 bits per heavy atom. The zero-order valence-electron chi connectivity index (χ0n) is 12.5. The van der Waals surface area contributed by atoms with Gasteiger partial charge in [-0.1, -0.05) is 48.5 Å². The molecule has 108 valence electrons. The van der Waals surface area contributed by atoms with Gasteiger partial charge in [-0.15, -0.1) is 0 Å². The van der Waals surface area contributed by atoms with Crippen LogP contribution in [0.25, 0.3) is 0 Å². The summed E-state index contributed by atoms with van der Waals surface area (Å²) in [6, 6.07) is 20.7. The van der Waals surface area contributed by atoms with Crippen molar-refractivity contribution in [2.45, 2.75) is 25.2 Å². The first-order valence-corrected chi connectivity index (χ1v) is 7.59. The Balaban J connectivity index is 1.83. The Kier molecular flexibility index (Phi) is 3.78. The number of hydrogen-bond donors (Lipinski definition) is 0. The van der Waals surface area contributed by atoms with E-state index in [-0.39, 0.29) is 5.41 Å². The summed E-state index contributed by atoms with van der Waals surface area (Å²) in [6.07, 6.45) is 1.78. The second-order valence-corrected chi connectivity index (χ2v) is 5.83. The maximum absolute atomic E-state index is 12.3. The molecule has 0 spiro atoms. The zero-order valence-corrected chi connectivity index (χ0v) is 12.5. The van der Waals surface area contributed by atoms with Crippen molar-refractivity contribution in [1.29, 1.82) is 0 Å². The van der Waals surface area contributed by atoms with Crippen LogP contribution in [0, 0.1) is 0 Å². The van der Waals surface area contributed by atoms with Crippen molar-refractivity contribution in [2.24, 2.45) is 0 Å². The Labute approximate surface area is 126 Å². The van der Waals surface area contributed by atoms with E-state index < -0.39 is 0 Å². The molecule has 1 aliphatic heterocycles. The number of piperidine rings is 1. The SMILES string of the molecule is CC(=O)C1(c2ccccc2)CCN(c2ccccc2)CC1. The average Bonchev–Trinajstić information content (AvgIpc) is 2.56. The Hall–Kier alpha value is -2.09. The molecule has 0 unspecified atom stereocenters. The van der Waals surface area contributed by atoms with Crippen LogP contribution >= 0.6 is 0 Å². The van der Waals surface area contributed by atoms with E-state index >= 15 is 0 Å². The highest BCUT2D eigenvalue weighted by molar-refractivity contribution is 5.88. The van der Waals surface area contributed by atoms with Crippen molar-refractivity contribution < 1.29 is 4.79 Å². The highest BCUT2D eigenvalue weighted by Gasteiger charge is 2.40. The molecule has 1 fully saturated rings. The van der Waals surface area contributed by atoms with Crippen LogP contribution in [0.1, 0.15) is 25.3 Å². The second-order valence-electron chi connectivity index (χ2n) is 5.83. The minimum absolute atomic E-state index is 0.293. The van der Waals surface area contributed by atoms with Gasteiger partial charge in [-0.3, -0.25) is 4.79 Å². The topological polar surface area (TPSA) is 20.3 Å². The number of ketones is 1. The molecule has 0 amide bonds. The third-order valence-electron chi connectivity index (χ3n) is 4.74. The summed E-state index contributed by atoms with van der Waals surface area (Å²) in [7, 11) is 0. The summed E-state index contributed by atoms with van der Waals surface area (Å²) in [5.74, 6) is 0.293. The lowest BCUT2D eigenvalue weighted by molar-refractivity contribution is -0.123. The van der Waals surface area contributed by atoms with Crippen LogP contribution in [0.2, 0.25) is 0 Å². The van der Waals surface area contributed by atoms with Gasteiger partial charge in [0.1, 0.15) is 5.78 Å². The van der Waals surface area contributed by atoms with Crippen molar-refractivity contribution in [3.05, 3.63) is 66.2 Å². The first kappa shape index (κ1) is 13.9. The van der Waals surface area contributed by atoms with E-state index in [1.807, 2.05) is 24.3 Å². The van der Waals surface area contributed by atoms with Crippen LogP contribution in [0.15, 0.2) is 60.7 Å². The molecule has 0 saturated carbocycles. The maximum atomic E-state index is 12.3. The Bertz CT molecular complexity index is 598. The Morgan fingerprint density at radius 1 is 0.905 bits per heavy atom. The van der Waals surface area contributed by atoms with Crippen LogP contribution in [0.5, 0.6) is 0 Å². The lowest BCUT2D eigenvalue weighted by atomic mass is 9.70. The van der Waals surface area contributed by atoms with Crippen molar-refractivity contribution in [1.82, 2.24) is 0 Å². The fraction of sp³-hybridized carbons (Fsp3) is 0.316. The van der Waals surface area contributed by atoms with Gasteiger partial charge in [0.25, 0.3) is 0 Å². The van der Waals surface area contributed by atoms with Crippen molar-refractivity contribution >= 4 is 11.5 Å². The summed E-state index contributed by atoms with van der Waals surface area (Å²) in [6.45, 7) is 3.60. The van der Waals surface area contributed by atoms with E-state index in [1.54, 1.807) is 6.92 Å². The Morgan fingerprint density at radius 2 is 1.43 bits per heavy atom. The van der Waals surface area contributed by atoms with Crippen molar-refractivity contribution in [3.8, 4) is 0 Å². The number of para-hydroxylation sites is 1. The number of benzene rings is 2. The van der Waals surface area contributed by atoms with E-state index in [2.05, 4.69) is 41.3 Å². The second kappa shape index (κ2) is 5.72. The van der Waals surface area contributed by atoms with Crippen LogP contribution in [0.4, 0.5) is 5.69 Å². The van der Waals surface area contributed by atoms with Gasteiger partial charge in [0.2, 0.25) is 0 Å². The van der Waals surface area contributed by atoms with Gasteiger partial charge < -0.3 is 4.90 Å². The molecular formula is C19H21NO. The van der Waals surface area contributed by atoms with E-state index in [0.717, 1.165) is 25.9 Å². The van der Waals surface area contributed by atoms with Gasteiger partial charge in [0.15, 0.2) is 0 Å². The molecule has 0 atom stereocenters. The molecule has 3 rings (SSSR count). The molecule has 0 aliphatic carbocycles. The van der Waals surface area contributed by atoms with Gasteiger partial charge in [0, 0.05) is 18.8 Å². The summed E-state index contributed by atoms with van der Waals surface area (Å²) in [5, 5.41) is 0. The number of carbonyl (C=O) groups is 1. The molecule has 2 aromatic carbocycles. The first-order valence-electron chi connectivity index (χ1n) is 7.59. The normalized spacial score (nSPS) is 17.5. The molecule has 2 aromatic rings. The molecule has 2 nitrogen and oxygen atoms in total. The number of carbonyl (C=O) groups excluding carboxylic acids is 1. The average molecular weight is 279 g/mol. The summed E-state index contributed by atoms with van der Waals surface area (Å²) in [5.41, 5.74) is 2.12. The molecule has 0 bridgehead atoms. The van der Waals surface area contributed by atoms with Gasteiger partial charge in [-0.25, -0.2) is 0 Å². The monoisotopic (exact) mass is 279 g/mol. The fourth-order valence-corrected chi connectivity index (χ4v) is 3.39. The smallest absolute Gasteiger partial charge is 0.140 e. The largest absolute Gasteiger partial charge is 0.371 e. The molecule has 0 aromatic heterocycles. The minimum atomic E-state index is -0.299. The van der Waals surface area contributed by atoms with Gasteiger partial charge in [-0.2, -0.15) is 0 Å². The number of Topliss-reactive ketones (excluding diaryl/α,β-unsaturated/α-hetero) is 1. The highest BCUT2D eigenvalue weighted by atomic mass is 16.1. The van der Waals surface area contributed by atoms with E-state index in [9.17, 15) is 4.79 Å². The molecule has 21 heavy (non-hydrogen) atoms. The minimum Gasteiger partial charge on any atom is -0.371 e. The summed E-state index contributed by atoms with van der Waals surface area (Å²) in [4.78, 5) is 14.7. The maximum Gasteiger partial charge on any atom is 0.140 e. The lowest BCUT2D eigenvalue weighted by Crippen LogP contribution is -2.46. The molecule has 1 aliphatic rings. The number of rotatable bonds is 3. The van der Waals surface area contributed by atoms with Gasteiger partial charge >= 0.3 is 0 Å². The summed E-state index contributed by atoms with van der Waals surface area (Å²) >= 11 is 0. The number of hydrogen-bond acceptors (Lipinski definition) is 2. The quantitative estimate of drug-likeness (QED) is 0.851. The molecule has 1 saturated heterocycles. The third-order valence-corrected chi connectivity index (χ3v) is 4.74. The van der Waals surface area contributed by atoms with Crippen molar-refractivity contribution in [2.75, 3.05) is 18.0 Å². The third kappa shape index (κ3) is 2.58. The van der Waals surface area contributed by atoms with Crippen molar-refractivity contribution in [3.63, 3.8) is 0 Å². The standard InChI is InChI=1S/C19H21NO/c1-16(21)19(17-8-4-2-5-9-17)12-14-20(15-13-19)18-10-6-3-7-11-18/h2-11H,12-15H2,1H3. The van der Waals surface area contributed by atoms with Crippen LogP contribution < -0.4 is 4.90 Å². The van der Waals surface area contributed by atoms with E-state index in [4.69, 9.17) is 0 Å². The zero-order chi connectivity index (χ0) is 14.7. The predicted octanol–water partition coefficient (Wildman–Crippen LogP) is 3.81. The molecule has 2 heteroatoms. The number of anilines is 1. The van der Waals surface area contributed by atoms with Crippen LogP contribution in [0.3, 0.4) is 0 Å². The van der Waals surface area contributed by atoms with Gasteiger partial charge in [0.05, 0.1) is 5.41 Å². The van der Waals surface area contributed by atoms with E-state index in [0.29, 0.717) is 5.78 Å². The lowest BCUT2D eigenvalue weighted by Gasteiger charge is -2.41. The van der Waals surface area contributed by atoms with Crippen LogP contribution in [-0.2, 0) is 10.2 Å². The predicted molar refractivity (Wildman–Crippen MR) is 86.7 cm³/mol. The molecule has 0 radical (unpaired) electrons. The molecule has 0 N–H and O–H groups in total. The highest BCUT2D eigenvalue weighted by Crippen LogP contribution is 2.37. The number of nitrogens with zero attached hydrogens (tertiary/aromatic N) is 1. The molecule has 1 heterocycles.